The predicted octanol–water partition coefficient (Wildman–Crippen LogP) is 4.10. The van der Waals surface area contributed by atoms with Gasteiger partial charge in [-0.15, -0.1) is 10.2 Å². The highest BCUT2D eigenvalue weighted by Crippen LogP contribution is 2.25. The number of nitrogens with zero attached hydrogens (tertiary/aromatic N) is 4. The number of carbonyl (C=O) groups excluding carboxylic acids is 2. The molecule has 0 fully saturated rings. The Morgan fingerprint density at radius 3 is 2.48 bits per heavy atom. The van der Waals surface area contributed by atoms with Gasteiger partial charge in [-0.05, 0) is 43.7 Å². The van der Waals surface area contributed by atoms with Crippen LogP contribution >= 0.6 is 11.8 Å². The minimum atomic E-state index is -0.139. The Morgan fingerprint density at radius 1 is 1.10 bits per heavy atom. The molecule has 0 saturated carbocycles. The molecule has 3 rings (SSSR count). The van der Waals surface area contributed by atoms with Crippen LogP contribution in [0.15, 0.2) is 53.7 Å². The molecule has 7 nitrogen and oxygen atoms in total. The van der Waals surface area contributed by atoms with Crippen LogP contribution in [0.1, 0.15) is 29.3 Å². The molecule has 162 valence electrons. The third-order valence-electron chi connectivity index (χ3n) is 4.59. The van der Waals surface area contributed by atoms with Crippen molar-refractivity contribution in [2.75, 3.05) is 25.2 Å². The topological polar surface area (TPSA) is 80.1 Å². The standard InChI is InChI=1S/C23H27N5O2S/c1-5-13-28-21(18-8-6-7-16(2)14-18)25-26-23(28)31-15-20(29)24-19-11-9-17(10-12-19)22(30)27(3)4/h6-12,14H,5,13,15H2,1-4H3,(H,24,29). The first-order chi connectivity index (χ1) is 14.9. The first-order valence-corrected chi connectivity index (χ1v) is 11.1. The summed E-state index contributed by atoms with van der Waals surface area (Å²) in [5.74, 6) is 0.816. The zero-order valence-electron chi connectivity index (χ0n) is 18.3. The molecular weight excluding hydrogens is 410 g/mol. The van der Waals surface area contributed by atoms with E-state index < -0.39 is 0 Å². The molecule has 1 aromatic heterocycles. The molecule has 3 aromatic rings. The average Bonchev–Trinajstić information content (AvgIpc) is 3.15. The van der Waals surface area contributed by atoms with E-state index >= 15 is 0 Å². The number of thioether (sulfide) groups is 1. The van der Waals surface area contributed by atoms with Crippen molar-refractivity contribution in [3.63, 3.8) is 0 Å². The summed E-state index contributed by atoms with van der Waals surface area (Å²) in [4.78, 5) is 25.9. The molecule has 0 atom stereocenters. The van der Waals surface area contributed by atoms with E-state index in [0.29, 0.717) is 11.3 Å². The Kier molecular flexibility index (Phi) is 7.46. The number of benzene rings is 2. The Bertz CT molecular complexity index is 1060. The number of carbonyl (C=O) groups is 2. The summed E-state index contributed by atoms with van der Waals surface area (Å²) in [5.41, 5.74) is 3.41. The third-order valence-corrected chi connectivity index (χ3v) is 5.56. The van der Waals surface area contributed by atoms with E-state index in [1.54, 1.807) is 38.4 Å². The van der Waals surface area contributed by atoms with Gasteiger partial charge in [0.25, 0.3) is 5.91 Å². The minimum Gasteiger partial charge on any atom is -0.345 e. The zero-order valence-corrected chi connectivity index (χ0v) is 19.1. The fourth-order valence-electron chi connectivity index (χ4n) is 3.10. The molecule has 0 aliphatic rings. The van der Waals surface area contributed by atoms with Crippen LogP contribution < -0.4 is 5.32 Å². The zero-order chi connectivity index (χ0) is 22.4. The maximum absolute atomic E-state index is 12.4. The van der Waals surface area contributed by atoms with Crippen LogP contribution in [0, 0.1) is 6.92 Å². The second kappa shape index (κ2) is 10.3. The molecule has 0 bridgehead atoms. The lowest BCUT2D eigenvalue weighted by molar-refractivity contribution is -0.113. The van der Waals surface area contributed by atoms with Gasteiger partial charge in [0.1, 0.15) is 0 Å². The van der Waals surface area contributed by atoms with Crippen LogP contribution in [0.5, 0.6) is 0 Å². The van der Waals surface area contributed by atoms with Crippen LogP contribution in [0.2, 0.25) is 0 Å². The quantitative estimate of drug-likeness (QED) is 0.537. The first-order valence-electron chi connectivity index (χ1n) is 10.1. The van der Waals surface area contributed by atoms with Gasteiger partial charge in [-0.2, -0.15) is 0 Å². The largest absolute Gasteiger partial charge is 0.345 e. The van der Waals surface area contributed by atoms with Gasteiger partial charge in [-0.1, -0.05) is 42.4 Å². The Balaban J connectivity index is 1.65. The molecule has 8 heteroatoms. The lowest BCUT2D eigenvalue weighted by Gasteiger charge is -2.11. The first kappa shape index (κ1) is 22.6. The van der Waals surface area contributed by atoms with Crippen molar-refractivity contribution in [2.45, 2.75) is 32.0 Å². The Hall–Kier alpha value is -3.13. The maximum Gasteiger partial charge on any atom is 0.253 e. The highest BCUT2D eigenvalue weighted by molar-refractivity contribution is 7.99. The third kappa shape index (κ3) is 5.73. The van der Waals surface area contributed by atoms with Crippen LogP contribution in [0.4, 0.5) is 5.69 Å². The summed E-state index contributed by atoms with van der Waals surface area (Å²) >= 11 is 1.36. The number of nitrogens with one attached hydrogen (secondary N) is 1. The van der Waals surface area contributed by atoms with Crippen molar-refractivity contribution in [1.29, 1.82) is 0 Å². The normalized spacial score (nSPS) is 10.7. The Labute approximate surface area is 186 Å². The average molecular weight is 438 g/mol. The summed E-state index contributed by atoms with van der Waals surface area (Å²) < 4.78 is 2.06. The molecule has 2 aromatic carbocycles. The van der Waals surface area contributed by atoms with E-state index in [2.05, 4.69) is 33.1 Å². The number of rotatable bonds is 8. The SMILES string of the molecule is CCCn1c(SCC(=O)Nc2ccc(C(=O)N(C)C)cc2)nnc1-c1cccc(C)c1. The predicted molar refractivity (Wildman–Crippen MR) is 124 cm³/mol. The number of amides is 2. The van der Waals surface area contributed by atoms with E-state index in [0.717, 1.165) is 35.1 Å². The molecule has 0 radical (unpaired) electrons. The number of aryl methyl sites for hydroxylation is 1. The number of hydrogen-bond donors (Lipinski definition) is 1. The van der Waals surface area contributed by atoms with Crippen molar-refractivity contribution in [2.24, 2.45) is 0 Å². The molecular formula is C23H27N5O2S. The fraction of sp³-hybridized carbons (Fsp3) is 0.304. The van der Waals surface area contributed by atoms with E-state index in [9.17, 15) is 9.59 Å². The summed E-state index contributed by atoms with van der Waals surface area (Å²) in [7, 11) is 3.41. The van der Waals surface area contributed by atoms with Crippen molar-refractivity contribution in [3.05, 3.63) is 59.7 Å². The van der Waals surface area contributed by atoms with Gasteiger partial charge in [-0.25, -0.2) is 0 Å². The van der Waals surface area contributed by atoms with Crippen molar-refractivity contribution in [3.8, 4) is 11.4 Å². The summed E-state index contributed by atoms with van der Waals surface area (Å²) in [6.07, 6.45) is 0.939. The van der Waals surface area contributed by atoms with Crippen molar-refractivity contribution in [1.82, 2.24) is 19.7 Å². The van der Waals surface area contributed by atoms with Gasteiger partial charge >= 0.3 is 0 Å². The van der Waals surface area contributed by atoms with Crippen LogP contribution in [-0.4, -0.2) is 51.3 Å². The van der Waals surface area contributed by atoms with Crippen molar-refractivity contribution < 1.29 is 9.59 Å². The van der Waals surface area contributed by atoms with E-state index in [4.69, 9.17) is 0 Å². The smallest absolute Gasteiger partial charge is 0.253 e. The molecule has 0 saturated heterocycles. The van der Waals surface area contributed by atoms with Gasteiger partial charge in [0.2, 0.25) is 5.91 Å². The number of aromatic nitrogens is 3. The van der Waals surface area contributed by atoms with Crippen molar-refractivity contribution >= 4 is 29.3 Å². The second-order valence-corrected chi connectivity index (χ2v) is 8.38. The van der Waals surface area contributed by atoms with Crippen LogP contribution in [0.3, 0.4) is 0 Å². The number of hydrogen-bond acceptors (Lipinski definition) is 5. The van der Waals surface area contributed by atoms with Gasteiger partial charge < -0.3 is 14.8 Å². The lowest BCUT2D eigenvalue weighted by Crippen LogP contribution is -2.21. The molecule has 0 spiro atoms. The van der Waals surface area contributed by atoms with Crippen LogP contribution in [0.25, 0.3) is 11.4 Å². The van der Waals surface area contributed by atoms with Gasteiger partial charge in [0, 0.05) is 37.5 Å². The highest BCUT2D eigenvalue weighted by atomic mass is 32.2. The van der Waals surface area contributed by atoms with E-state index in [-0.39, 0.29) is 17.6 Å². The highest BCUT2D eigenvalue weighted by Gasteiger charge is 2.15. The second-order valence-electron chi connectivity index (χ2n) is 7.44. The molecule has 0 unspecified atom stereocenters. The summed E-state index contributed by atoms with van der Waals surface area (Å²) in [5, 5.41) is 12.3. The monoisotopic (exact) mass is 437 g/mol. The molecule has 0 aliphatic heterocycles. The maximum atomic E-state index is 12.4. The Morgan fingerprint density at radius 2 is 1.84 bits per heavy atom. The number of anilines is 1. The lowest BCUT2D eigenvalue weighted by atomic mass is 10.1. The molecule has 31 heavy (non-hydrogen) atoms. The van der Waals surface area contributed by atoms with Gasteiger partial charge in [0.05, 0.1) is 5.75 Å². The minimum absolute atomic E-state index is 0.0758. The summed E-state index contributed by atoms with van der Waals surface area (Å²) in [6, 6.07) is 15.0. The van der Waals surface area contributed by atoms with Gasteiger partial charge in [-0.3, -0.25) is 9.59 Å². The van der Waals surface area contributed by atoms with Gasteiger partial charge in [0.15, 0.2) is 11.0 Å². The molecule has 1 N–H and O–H groups in total. The molecule has 0 aliphatic carbocycles. The van der Waals surface area contributed by atoms with E-state index in [1.807, 2.05) is 25.1 Å². The summed E-state index contributed by atoms with van der Waals surface area (Å²) in [6.45, 7) is 4.93. The fourth-order valence-corrected chi connectivity index (χ4v) is 3.86. The van der Waals surface area contributed by atoms with E-state index in [1.165, 1.54) is 16.7 Å². The molecule has 2 amide bonds. The molecule has 1 heterocycles. The van der Waals surface area contributed by atoms with Crippen LogP contribution in [-0.2, 0) is 11.3 Å².